The van der Waals surface area contributed by atoms with E-state index in [0.29, 0.717) is 13.1 Å². The fourth-order valence-corrected chi connectivity index (χ4v) is 4.93. The number of hydrogen-bond donors (Lipinski definition) is 0. The summed E-state index contributed by atoms with van der Waals surface area (Å²) in [5.41, 5.74) is 2.10. The Morgan fingerprint density at radius 2 is 1.71 bits per heavy atom. The van der Waals surface area contributed by atoms with Crippen molar-refractivity contribution in [1.82, 2.24) is 15.1 Å². The van der Waals surface area contributed by atoms with Crippen molar-refractivity contribution in [1.29, 1.82) is 0 Å². The first-order chi connectivity index (χ1) is 13.4. The molecule has 3 aromatic rings. The zero-order valence-corrected chi connectivity index (χ0v) is 18.0. The van der Waals surface area contributed by atoms with Gasteiger partial charge in [0.2, 0.25) is 5.13 Å². The highest BCUT2D eigenvalue weighted by molar-refractivity contribution is 7.22. The third-order valence-corrected chi connectivity index (χ3v) is 7.00. The van der Waals surface area contributed by atoms with Gasteiger partial charge in [-0.15, -0.1) is 21.5 Å². The SMILES string of the molecule is CC(C)(C)c1ccc(C(=O)N2CCN(c3nnc(-c4cccs4)s3)CC2)cc1. The lowest BCUT2D eigenvalue weighted by Gasteiger charge is -2.34. The molecule has 7 heteroatoms. The van der Waals surface area contributed by atoms with Crippen LogP contribution in [-0.4, -0.2) is 47.2 Å². The topological polar surface area (TPSA) is 49.3 Å². The van der Waals surface area contributed by atoms with E-state index in [9.17, 15) is 4.79 Å². The van der Waals surface area contributed by atoms with E-state index in [0.717, 1.165) is 33.7 Å². The maximum absolute atomic E-state index is 12.8. The molecule has 0 unspecified atom stereocenters. The molecule has 1 aliphatic rings. The molecule has 0 N–H and O–H groups in total. The van der Waals surface area contributed by atoms with Crippen molar-refractivity contribution < 1.29 is 4.79 Å². The number of piperazine rings is 1. The molecule has 4 rings (SSSR count). The second-order valence-corrected chi connectivity index (χ2v) is 9.88. The molecule has 2 aromatic heterocycles. The van der Waals surface area contributed by atoms with Gasteiger partial charge in [-0.3, -0.25) is 4.79 Å². The van der Waals surface area contributed by atoms with E-state index in [-0.39, 0.29) is 11.3 Å². The van der Waals surface area contributed by atoms with Crippen LogP contribution in [-0.2, 0) is 5.41 Å². The summed E-state index contributed by atoms with van der Waals surface area (Å²) in [5, 5.41) is 12.6. The number of thiophene rings is 1. The minimum absolute atomic E-state index is 0.0942. The van der Waals surface area contributed by atoms with E-state index < -0.39 is 0 Å². The second-order valence-electron chi connectivity index (χ2n) is 7.97. The van der Waals surface area contributed by atoms with Crippen LogP contribution in [0, 0.1) is 0 Å². The fraction of sp³-hybridized carbons (Fsp3) is 0.381. The number of hydrogen-bond acceptors (Lipinski definition) is 6. The van der Waals surface area contributed by atoms with Crippen LogP contribution in [0.25, 0.3) is 9.88 Å². The van der Waals surface area contributed by atoms with E-state index in [1.54, 1.807) is 22.7 Å². The molecule has 0 spiro atoms. The molecule has 5 nitrogen and oxygen atoms in total. The van der Waals surface area contributed by atoms with Gasteiger partial charge in [-0.2, -0.15) is 0 Å². The van der Waals surface area contributed by atoms with Gasteiger partial charge in [-0.25, -0.2) is 0 Å². The summed E-state index contributed by atoms with van der Waals surface area (Å²) >= 11 is 3.29. The average Bonchev–Trinajstić information content (AvgIpc) is 3.38. The summed E-state index contributed by atoms with van der Waals surface area (Å²) in [5.74, 6) is 0.108. The lowest BCUT2D eigenvalue weighted by molar-refractivity contribution is 0.0746. The first-order valence-electron chi connectivity index (χ1n) is 9.44. The number of amides is 1. The molecule has 0 atom stereocenters. The second kappa shape index (κ2) is 7.64. The third kappa shape index (κ3) is 3.95. The monoisotopic (exact) mass is 412 g/mol. The van der Waals surface area contributed by atoms with Crippen LogP contribution in [0.5, 0.6) is 0 Å². The molecule has 0 saturated carbocycles. The molecular weight excluding hydrogens is 388 g/mol. The first-order valence-corrected chi connectivity index (χ1v) is 11.1. The average molecular weight is 413 g/mol. The lowest BCUT2D eigenvalue weighted by atomic mass is 9.86. The number of anilines is 1. The Labute approximate surface area is 173 Å². The minimum atomic E-state index is 0.0942. The van der Waals surface area contributed by atoms with E-state index in [1.807, 2.05) is 23.1 Å². The van der Waals surface area contributed by atoms with Gasteiger partial charge >= 0.3 is 0 Å². The van der Waals surface area contributed by atoms with E-state index >= 15 is 0 Å². The quantitative estimate of drug-likeness (QED) is 0.634. The largest absolute Gasteiger partial charge is 0.343 e. The standard InChI is InChI=1S/C21H24N4OS2/c1-21(2,3)16-8-6-15(7-9-16)19(26)24-10-12-25(13-11-24)20-23-22-18(28-20)17-5-4-14-27-17/h4-9,14H,10-13H2,1-3H3. The molecule has 1 fully saturated rings. The molecule has 0 radical (unpaired) electrons. The highest BCUT2D eigenvalue weighted by Crippen LogP contribution is 2.32. The van der Waals surface area contributed by atoms with Crippen molar-refractivity contribution in [2.45, 2.75) is 26.2 Å². The van der Waals surface area contributed by atoms with Crippen LogP contribution in [0.3, 0.4) is 0 Å². The van der Waals surface area contributed by atoms with Crippen molar-refractivity contribution in [2.24, 2.45) is 0 Å². The number of carbonyl (C=O) groups is 1. The zero-order chi connectivity index (χ0) is 19.7. The molecule has 28 heavy (non-hydrogen) atoms. The summed E-state index contributed by atoms with van der Waals surface area (Å²) in [4.78, 5) is 18.2. The van der Waals surface area contributed by atoms with Gasteiger partial charge in [0.05, 0.1) is 4.88 Å². The first kappa shape index (κ1) is 19.1. The molecule has 146 valence electrons. The molecule has 3 heterocycles. The molecule has 1 aromatic carbocycles. The maximum Gasteiger partial charge on any atom is 0.253 e. The van der Waals surface area contributed by atoms with E-state index in [1.165, 1.54) is 5.56 Å². The highest BCUT2D eigenvalue weighted by atomic mass is 32.1. The summed E-state index contributed by atoms with van der Waals surface area (Å²) in [6, 6.07) is 12.1. The van der Waals surface area contributed by atoms with Gasteiger partial charge in [0.25, 0.3) is 5.91 Å². The predicted molar refractivity (Wildman–Crippen MR) is 116 cm³/mol. The van der Waals surface area contributed by atoms with Crippen LogP contribution in [0.2, 0.25) is 0 Å². The number of benzene rings is 1. The highest BCUT2D eigenvalue weighted by Gasteiger charge is 2.25. The van der Waals surface area contributed by atoms with Gasteiger partial charge in [-0.1, -0.05) is 50.3 Å². The Morgan fingerprint density at radius 1 is 1.00 bits per heavy atom. The molecule has 1 amide bonds. The smallest absolute Gasteiger partial charge is 0.253 e. The van der Waals surface area contributed by atoms with E-state index in [4.69, 9.17) is 0 Å². The normalized spacial score (nSPS) is 15.1. The molecule has 0 aliphatic carbocycles. The molecule has 1 saturated heterocycles. The number of carbonyl (C=O) groups excluding carboxylic acids is 1. The maximum atomic E-state index is 12.8. The molecule has 1 aliphatic heterocycles. The number of nitrogens with zero attached hydrogens (tertiary/aromatic N) is 4. The van der Waals surface area contributed by atoms with Crippen molar-refractivity contribution >= 4 is 33.7 Å². The van der Waals surface area contributed by atoms with Crippen molar-refractivity contribution in [3.8, 4) is 9.88 Å². The Morgan fingerprint density at radius 3 is 2.32 bits per heavy atom. The van der Waals surface area contributed by atoms with Crippen LogP contribution in [0.15, 0.2) is 41.8 Å². The van der Waals surface area contributed by atoms with Gasteiger partial charge in [-0.05, 0) is 34.6 Å². The van der Waals surface area contributed by atoms with Crippen molar-refractivity contribution in [2.75, 3.05) is 31.1 Å². The Balaban J connectivity index is 1.38. The predicted octanol–water partition coefficient (Wildman–Crippen LogP) is 4.53. The number of rotatable bonds is 3. The van der Waals surface area contributed by atoms with Crippen LogP contribution in [0.1, 0.15) is 36.7 Å². The van der Waals surface area contributed by atoms with E-state index in [2.05, 4.69) is 59.4 Å². The Kier molecular flexibility index (Phi) is 5.21. The third-order valence-electron chi connectivity index (χ3n) is 4.98. The molecule has 0 bridgehead atoms. The molecular formula is C21H24N4OS2. The van der Waals surface area contributed by atoms with Crippen LogP contribution < -0.4 is 4.90 Å². The van der Waals surface area contributed by atoms with Gasteiger partial charge in [0.15, 0.2) is 5.01 Å². The summed E-state index contributed by atoms with van der Waals surface area (Å²) in [6.07, 6.45) is 0. The minimum Gasteiger partial charge on any atom is -0.343 e. The van der Waals surface area contributed by atoms with Gasteiger partial charge in [0.1, 0.15) is 0 Å². The Hall–Kier alpha value is -2.25. The van der Waals surface area contributed by atoms with Gasteiger partial charge in [0, 0.05) is 31.7 Å². The van der Waals surface area contributed by atoms with Crippen molar-refractivity contribution in [3.63, 3.8) is 0 Å². The van der Waals surface area contributed by atoms with Crippen molar-refractivity contribution in [3.05, 3.63) is 52.9 Å². The van der Waals surface area contributed by atoms with Crippen LogP contribution >= 0.6 is 22.7 Å². The fourth-order valence-electron chi connectivity index (χ4n) is 3.24. The summed E-state index contributed by atoms with van der Waals surface area (Å²) in [7, 11) is 0. The Bertz CT molecular complexity index is 934. The van der Waals surface area contributed by atoms with Gasteiger partial charge < -0.3 is 9.80 Å². The van der Waals surface area contributed by atoms with Crippen LogP contribution in [0.4, 0.5) is 5.13 Å². The lowest BCUT2D eigenvalue weighted by Crippen LogP contribution is -2.48. The zero-order valence-electron chi connectivity index (χ0n) is 16.4. The number of aromatic nitrogens is 2. The summed E-state index contributed by atoms with van der Waals surface area (Å²) < 4.78 is 0. The summed E-state index contributed by atoms with van der Waals surface area (Å²) in [6.45, 7) is 9.51.